The van der Waals surface area contributed by atoms with Crippen LogP contribution in [0.3, 0.4) is 0 Å². The van der Waals surface area contributed by atoms with Gasteiger partial charge in [0.05, 0.1) is 6.54 Å². The van der Waals surface area contributed by atoms with Crippen LogP contribution in [0.25, 0.3) is 11.3 Å². The van der Waals surface area contributed by atoms with Crippen molar-refractivity contribution >= 4 is 17.4 Å². The van der Waals surface area contributed by atoms with E-state index in [1.54, 1.807) is 0 Å². The van der Waals surface area contributed by atoms with E-state index in [-0.39, 0.29) is 12.5 Å². The van der Waals surface area contributed by atoms with E-state index >= 15 is 0 Å². The Hall–Kier alpha value is -3.35. The average molecular weight is 322 g/mol. The third kappa shape index (κ3) is 2.79. The van der Waals surface area contributed by atoms with Crippen LogP contribution in [0.4, 0.5) is 11.5 Å². The number of hydrogen-bond acceptors (Lipinski definition) is 6. The Kier molecular flexibility index (Phi) is 3.59. The predicted octanol–water partition coefficient (Wildman–Crippen LogP) is 2.68. The number of carbonyl (C=O) groups excluding carboxylic acids is 1. The van der Waals surface area contributed by atoms with Crippen LogP contribution in [-0.4, -0.2) is 22.5 Å². The molecule has 4 rings (SSSR count). The molecule has 1 aromatic carbocycles. The zero-order valence-electron chi connectivity index (χ0n) is 12.7. The number of nitrogens with one attached hydrogen (secondary N) is 2. The van der Waals surface area contributed by atoms with Crippen LogP contribution in [0.2, 0.25) is 0 Å². The number of amides is 1. The molecular formula is C17H14N4O3. The van der Waals surface area contributed by atoms with Gasteiger partial charge in [0, 0.05) is 5.56 Å². The fraction of sp³-hybridized carbons (Fsp3) is 0.118. The van der Waals surface area contributed by atoms with Crippen LogP contribution in [0.15, 0.2) is 53.2 Å². The smallest absolute Gasteiger partial charge is 0.262 e. The lowest BCUT2D eigenvalue weighted by molar-refractivity contribution is -0.118. The first-order valence-electron chi connectivity index (χ1n) is 7.45. The minimum absolute atomic E-state index is 0.0396. The summed E-state index contributed by atoms with van der Waals surface area (Å²) >= 11 is 0. The summed E-state index contributed by atoms with van der Waals surface area (Å²) in [6.07, 6.45) is 1.39. The molecule has 7 nitrogen and oxygen atoms in total. The van der Waals surface area contributed by atoms with Gasteiger partial charge < -0.3 is 19.8 Å². The van der Waals surface area contributed by atoms with Gasteiger partial charge in [-0.3, -0.25) is 4.79 Å². The second-order valence-electron chi connectivity index (χ2n) is 5.22. The van der Waals surface area contributed by atoms with Gasteiger partial charge in [-0.25, -0.2) is 4.98 Å². The van der Waals surface area contributed by atoms with Crippen molar-refractivity contribution in [1.82, 2.24) is 9.97 Å². The van der Waals surface area contributed by atoms with Crippen molar-refractivity contribution in [1.29, 1.82) is 0 Å². The van der Waals surface area contributed by atoms with Gasteiger partial charge in [0.2, 0.25) is 5.88 Å². The lowest BCUT2D eigenvalue weighted by Crippen LogP contribution is -2.27. The summed E-state index contributed by atoms with van der Waals surface area (Å²) in [5.74, 6) is 2.17. The molecule has 0 atom stereocenters. The zero-order valence-corrected chi connectivity index (χ0v) is 12.7. The monoisotopic (exact) mass is 322 g/mol. The molecule has 0 saturated carbocycles. The Balaban J connectivity index is 1.50. The van der Waals surface area contributed by atoms with E-state index in [1.807, 2.05) is 42.5 Å². The van der Waals surface area contributed by atoms with E-state index in [9.17, 15) is 4.79 Å². The van der Waals surface area contributed by atoms with Crippen LogP contribution in [0, 0.1) is 0 Å². The average Bonchev–Trinajstić information content (AvgIpc) is 3.10. The highest BCUT2D eigenvalue weighted by molar-refractivity contribution is 5.97. The highest BCUT2D eigenvalue weighted by Gasteiger charge is 2.21. The summed E-state index contributed by atoms with van der Waals surface area (Å²) < 4.78 is 11.1. The fourth-order valence-electron chi connectivity index (χ4n) is 2.44. The van der Waals surface area contributed by atoms with E-state index in [4.69, 9.17) is 9.15 Å². The number of benzene rings is 1. The van der Waals surface area contributed by atoms with E-state index in [1.165, 1.54) is 6.33 Å². The van der Waals surface area contributed by atoms with Crippen LogP contribution in [0.1, 0.15) is 5.76 Å². The molecule has 0 radical (unpaired) electrons. The summed E-state index contributed by atoms with van der Waals surface area (Å²) in [6.45, 7) is 0.383. The highest BCUT2D eigenvalue weighted by atomic mass is 16.5. The van der Waals surface area contributed by atoms with Crippen molar-refractivity contribution in [3.63, 3.8) is 0 Å². The van der Waals surface area contributed by atoms with Crippen molar-refractivity contribution in [2.45, 2.75) is 6.54 Å². The van der Waals surface area contributed by atoms with Crippen LogP contribution in [0.5, 0.6) is 5.88 Å². The molecule has 0 saturated heterocycles. The van der Waals surface area contributed by atoms with Gasteiger partial charge in [0.25, 0.3) is 5.91 Å². The fourth-order valence-corrected chi connectivity index (χ4v) is 2.44. The molecule has 0 bridgehead atoms. The van der Waals surface area contributed by atoms with E-state index in [2.05, 4.69) is 20.6 Å². The third-order valence-electron chi connectivity index (χ3n) is 3.57. The van der Waals surface area contributed by atoms with Gasteiger partial charge in [0.1, 0.15) is 23.5 Å². The minimum atomic E-state index is -0.232. The number of furan rings is 1. The second kappa shape index (κ2) is 6.04. The SMILES string of the molecule is O=C1COc2ncnc(NCc3ccc(-c4ccccc4)o3)c2N1. The molecule has 2 aromatic heterocycles. The predicted molar refractivity (Wildman–Crippen MR) is 87.6 cm³/mol. The molecule has 0 aliphatic carbocycles. The molecule has 1 aliphatic rings. The number of fused-ring (bicyclic) bond motifs is 1. The quantitative estimate of drug-likeness (QED) is 0.767. The van der Waals surface area contributed by atoms with Crippen LogP contribution in [-0.2, 0) is 11.3 Å². The second-order valence-corrected chi connectivity index (χ2v) is 5.22. The molecule has 0 unspecified atom stereocenters. The van der Waals surface area contributed by atoms with Crippen LogP contribution < -0.4 is 15.4 Å². The summed E-state index contributed by atoms with van der Waals surface area (Å²) in [6, 6.07) is 13.7. The maximum Gasteiger partial charge on any atom is 0.262 e. The molecule has 2 N–H and O–H groups in total. The Morgan fingerprint density at radius 3 is 2.88 bits per heavy atom. The standard InChI is InChI=1S/C17H14N4O3/c22-14-9-23-17-15(21-14)16(19-10-20-17)18-8-12-6-7-13(24-12)11-4-2-1-3-5-11/h1-7,10H,8-9H2,(H,21,22)(H,18,19,20). The third-order valence-corrected chi connectivity index (χ3v) is 3.57. The van der Waals surface area contributed by atoms with Crippen molar-refractivity contribution in [2.24, 2.45) is 0 Å². The van der Waals surface area contributed by atoms with Gasteiger partial charge in [-0.15, -0.1) is 0 Å². The van der Waals surface area contributed by atoms with Gasteiger partial charge in [0.15, 0.2) is 12.4 Å². The Bertz CT molecular complexity index is 877. The largest absolute Gasteiger partial charge is 0.466 e. The van der Waals surface area contributed by atoms with Gasteiger partial charge in [-0.1, -0.05) is 30.3 Å². The number of anilines is 2. The topological polar surface area (TPSA) is 89.3 Å². The molecule has 3 aromatic rings. The summed E-state index contributed by atoms with van der Waals surface area (Å²) in [4.78, 5) is 19.6. The molecule has 24 heavy (non-hydrogen) atoms. The zero-order chi connectivity index (χ0) is 16.4. The van der Waals surface area contributed by atoms with Gasteiger partial charge >= 0.3 is 0 Å². The van der Waals surface area contributed by atoms with Crippen molar-refractivity contribution in [3.05, 3.63) is 54.6 Å². The number of rotatable bonds is 4. The molecule has 1 aliphatic heterocycles. The number of aromatic nitrogens is 2. The van der Waals surface area contributed by atoms with Gasteiger partial charge in [-0.2, -0.15) is 4.98 Å². The lowest BCUT2D eigenvalue weighted by atomic mass is 10.2. The molecule has 0 spiro atoms. The molecule has 7 heteroatoms. The number of ether oxygens (including phenoxy) is 1. The highest BCUT2D eigenvalue weighted by Crippen LogP contribution is 2.31. The number of carbonyl (C=O) groups is 1. The number of hydrogen-bond donors (Lipinski definition) is 2. The lowest BCUT2D eigenvalue weighted by Gasteiger charge is -2.18. The Morgan fingerprint density at radius 1 is 1.12 bits per heavy atom. The van der Waals surface area contributed by atoms with Crippen LogP contribution >= 0.6 is 0 Å². The summed E-state index contributed by atoms with van der Waals surface area (Å²) in [7, 11) is 0. The van der Waals surface area contributed by atoms with Crippen molar-refractivity contribution in [3.8, 4) is 17.2 Å². The first kappa shape index (κ1) is 14.3. The summed E-state index contributed by atoms with van der Waals surface area (Å²) in [5.41, 5.74) is 1.47. The van der Waals surface area contributed by atoms with Crippen molar-refractivity contribution in [2.75, 3.05) is 17.2 Å². The minimum Gasteiger partial charge on any atom is -0.466 e. The Labute approximate surface area is 137 Å². The molecule has 3 heterocycles. The van der Waals surface area contributed by atoms with Crippen molar-refractivity contribution < 1.29 is 13.9 Å². The Morgan fingerprint density at radius 2 is 2.00 bits per heavy atom. The summed E-state index contributed by atoms with van der Waals surface area (Å²) in [5, 5.41) is 5.85. The first-order chi connectivity index (χ1) is 11.8. The molecular weight excluding hydrogens is 308 g/mol. The molecule has 1 amide bonds. The van der Waals surface area contributed by atoms with Gasteiger partial charge in [-0.05, 0) is 12.1 Å². The maximum absolute atomic E-state index is 11.5. The molecule has 0 fully saturated rings. The maximum atomic E-state index is 11.5. The normalized spacial score (nSPS) is 12.9. The first-order valence-corrected chi connectivity index (χ1v) is 7.45. The number of nitrogens with zero attached hydrogens (tertiary/aromatic N) is 2. The van der Waals surface area contributed by atoms with E-state index in [0.29, 0.717) is 23.9 Å². The van der Waals surface area contributed by atoms with E-state index < -0.39 is 0 Å². The van der Waals surface area contributed by atoms with E-state index in [0.717, 1.165) is 17.1 Å². The molecule has 120 valence electrons.